The molecule has 2 aromatic rings. The molecule has 1 amide bonds. The lowest BCUT2D eigenvalue weighted by Gasteiger charge is -2.15. The van der Waals surface area contributed by atoms with Gasteiger partial charge in [0, 0.05) is 31.1 Å². The van der Waals surface area contributed by atoms with E-state index in [1.807, 2.05) is 4.90 Å². The van der Waals surface area contributed by atoms with Crippen molar-refractivity contribution >= 4 is 11.9 Å². The zero-order valence-electron chi connectivity index (χ0n) is 13.6. The SMILES string of the molecule is O=C(OCC1CC(=O)N(C2CC2)C1)c1ccn(-c2ccccc2F)n1. The van der Waals surface area contributed by atoms with Crippen molar-refractivity contribution in [2.45, 2.75) is 25.3 Å². The molecule has 25 heavy (non-hydrogen) atoms. The second-order valence-electron chi connectivity index (χ2n) is 6.54. The number of amides is 1. The molecule has 2 fully saturated rings. The number of hydrogen-bond acceptors (Lipinski definition) is 4. The summed E-state index contributed by atoms with van der Waals surface area (Å²) in [5.41, 5.74) is 0.384. The molecule has 0 radical (unpaired) electrons. The lowest BCUT2D eigenvalue weighted by Crippen LogP contribution is -2.28. The van der Waals surface area contributed by atoms with Gasteiger partial charge in [0.15, 0.2) is 5.69 Å². The van der Waals surface area contributed by atoms with Crippen molar-refractivity contribution in [2.24, 2.45) is 5.92 Å². The van der Waals surface area contributed by atoms with Gasteiger partial charge in [-0.3, -0.25) is 4.79 Å². The molecule has 130 valence electrons. The third kappa shape index (κ3) is 3.26. The van der Waals surface area contributed by atoms with Crippen LogP contribution in [0.5, 0.6) is 0 Å². The van der Waals surface area contributed by atoms with E-state index in [-0.39, 0.29) is 29.8 Å². The molecule has 1 aliphatic heterocycles. The fourth-order valence-electron chi connectivity index (χ4n) is 3.13. The van der Waals surface area contributed by atoms with Gasteiger partial charge < -0.3 is 9.64 Å². The van der Waals surface area contributed by atoms with Crippen LogP contribution in [-0.4, -0.2) is 45.8 Å². The normalized spacial score (nSPS) is 20.1. The summed E-state index contributed by atoms with van der Waals surface area (Å²) < 4.78 is 20.4. The van der Waals surface area contributed by atoms with E-state index >= 15 is 0 Å². The average molecular weight is 343 g/mol. The number of carbonyl (C=O) groups is 2. The first kappa shape index (κ1) is 15.8. The predicted octanol–water partition coefficient (Wildman–Crippen LogP) is 2.18. The third-order valence-corrected chi connectivity index (χ3v) is 4.57. The zero-order chi connectivity index (χ0) is 17.4. The van der Waals surface area contributed by atoms with Crippen LogP contribution in [0.3, 0.4) is 0 Å². The number of hydrogen-bond donors (Lipinski definition) is 0. The number of ether oxygens (including phenoxy) is 1. The Labute approximate surface area is 144 Å². The van der Waals surface area contributed by atoms with Gasteiger partial charge in [0.25, 0.3) is 0 Å². The molecule has 1 aromatic carbocycles. The van der Waals surface area contributed by atoms with Gasteiger partial charge in [-0.15, -0.1) is 0 Å². The van der Waals surface area contributed by atoms with Crippen LogP contribution in [0.15, 0.2) is 36.5 Å². The van der Waals surface area contributed by atoms with Crippen LogP contribution < -0.4 is 0 Å². The van der Waals surface area contributed by atoms with E-state index in [1.54, 1.807) is 18.2 Å². The Hall–Kier alpha value is -2.70. The van der Waals surface area contributed by atoms with Crippen LogP contribution in [-0.2, 0) is 9.53 Å². The van der Waals surface area contributed by atoms with E-state index in [2.05, 4.69) is 5.10 Å². The summed E-state index contributed by atoms with van der Waals surface area (Å²) in [5.74, 6) is -0.805. The lowest BCUT2D eigenvalue weighted by atomic mass is 10.1. The van der Waals surface area contributed by atoms with Gasteiger partial charge in [-0.2, -0.15) is 5.10 Å². The van der Waals surface area contributed by atoms with Gasteiger partial charge in [-0.1, -0.05) is 12.1 Å². The number of likely N-dealkylation sites (tertiary alicyclic amines) is 1. The zero-order valence-corrected chi connectivity index (χ0v) is 13.6. The van der Waals surface area contributed by atoms with Crippen molar-refractivity contribution in [3.8, 4) is 5.69 Å². The Morgan fingerprint density at radius 2 is 2.08 bits per heavy atom. The standard InChI is InChI=1S/C18H18FN3O3/c19-14-3-1-2-4-16(14)22-8-7-15(20-22)18(24)25-11-12-9-17(23)21(10-12)13-5-6-13/h1-4,7-8,12-13H,5-6,9-11H2. The number of nitrogens with zero attached hydrogens (tertiary/aromatic N) is 3. The van der Waals surface area contributed by atoms with Crippen LogP contribution >= 0.6 is 0 Å². The predicted molar refractivity (Wildman–Crippen MR) is 86.6 cm³/mol. The summed E-state index contributed by atoms with van der Waals surface area (Å²) in [6.45, 7) is 0.848. The summed E-state index contributed by atoms with van der Waals surface area (Å²) in [7, 11) is 0. The first-order valence-electron chi connectivity index (χ1n) is 8.39. The molecule has 4 rings (SSSR count). The van der Waals surface area contributed by atoms with Crippen LogP contribution in [0.1, 0.15) is 29.8 Å². The largest absolute Gasteiger partial charge is 0.461 e. The summed E-state index contributed by atoms with van der Waals surface area (Å²) in [5, 5.41) is 4.08. The van der Waals surface area contributed by atoms with Crippen LogP contribution in [0, 0.1) is 11.7 Å². The van der Waals surface area contributed by atoms with E-state index in [9.17, 15) is 14.0 Å². The molecule has 6 nitrogen and oxygen atoms in total. The van der Waals surface area contributed by atoms with Gasteiger partial charge in [0.05, 0.1) is 6.61 Å². The Balaban J connectivity index is 1.36. The summed E-state index contributed by atoms with van der Waals surface area (Å²) in [6.07, 6.45) is 4.09. The molecule has 1 saturated heterocycles. The molecule has 0 N–H and O–H groups in total. The molecule has 1 saturated carbocycles. The Kier molecular flexibility index (Phi) is 3.99. The summed E-state index contributed by atoms with van der Waals surface area (Å²) in [4.78, 5) is 26.0. The highest BCUT2D eigenvalue weighted by atomic mass is 19.1. The molecule has 0 spiro atoms. The Bertz CT molecular complexity index is 815. The Morgan fingerprint density at radius 1 is 1.28 bits per heavy atom. The van der Waals surface area contributed by atoms with Crippen LogP contribution in [0.25, 0.3) is 5.69 Å². The average Bonchev–Trinajstić information content (AvgIpc) is 3.20. The number of aromatic nitrogens is 2. The second-order valence-corrected chi connectivity index (χ2v) is 6.54. The topological polar surface area (TPSA) is 64.4 Å². The molecule has 2 aliphatic rings. The molecule has 1 unspecified atom stereocenters. The van der Waals surface area contributed by atoms with Crippen molar-refractivity contribution in [3.63, 3.8) is 0 Å². The van der Waals surface area contributed by atoms with Crippen molar-refractivity contribution < 1.29 is 18.7 Å². The molecular weight excluding hydrogens is 325 g/mol. The molecule has 1 aromatic heterocycles. The monoisotopic (exact) mass is 343 g/mol. The molecule has 1 aliphatic carbocycles. The molecule has 7 heteroatoms. The molecule has 0 bridgehead atoms. The number of rotatable bonds is 5. The number of para-hydroxylation sites is 1. The maximum absolute atomic E-state index is 13.8. The first-order chi connectivity index (χ1) is 12.1. The van der Waals surface area contributed by atoms with Crippen molar-refractivity contribution in [3.05, 3.63) is 48.0 Å². The summed E-state index contributed by atoms with van der Waals surface area (Å²) >= 11 is 0. The van der Waals surface area contributed by atoms with E-state index in [1.165, 1.54) is 23.0 Å². The number of carbonyl (C=O) groups excluding carboxylic acids is 2. The fraction of sp³-hybridized carbons (Fsp3) is 0.389. The van der Waals surface area contributed by atoms with Crippen molar-refractivity contribution in [1.82, 2.24) is 14.7 Å². The second kappa shape index (κ2) is 6.31. The van der Waals surface area contributed by atoms with Crippen molar-refractivity contribution in [2.75, 3.05) is 13.2 Å². The van der Waals surface area contributed by atoms with E-state index in [0.29, 0.717) is 19.0 Å². The van der Waals surface area contributed by atoms with Gasteiger partial charge in [-0.05, 0) is 31.0 Å². The van der Waals surface area contributed by atoms with E-state index < -0.39 is 11.8 Å². The Morgan fingerprint density at radius 3 is 2.84 bits per heavy atom. The highest BCUT2D eigenvalue weighted by Gasteiger charge is 2.39. The van der Waals surface area contributed by atoms with Crippen LogP contribution in [0.2, 0.25) is 0 Å². The maximum atomic E-state index is 13.8. The molecular formula is C18H18FN3O3. The van der Waals surface area contributed by atoms with E-state index in [4.69, 9.17) is 4.74 Å². The molecule has 1 atom stereocenters. The third-order valence-electron chi connectivity index (χ3n) is 4.57. The fourth-order valence-corrected chi connectivity index (χ4v) is 3.13. The highest BCUT2D eigenvalue weighted by Crippen LogP contribution is 2.32. The lowest BCUT2D eigenvalue weighted by molar-refractivity contribution is -0.128. The number of benzene rings is 1. The quantitative estimate of drug-likeness (QED) is 0.781. The number of esters is 1. The highest BCUT2D eigenvalue weighted by molar-refractivity contribution is 5.87. The van der Waals surface area contributed by atoms with Crippen molar-refractivity contribution in [1.29, 1.82) is 0 Å². The maximum Gasteiger partial charge on any atom is 0.358 e. The van der Waals surface area contributed by atoms with Gasteiger partial charge in [0.1, 0.15) is 11.5 Å². The summed E-state index contributed by atoms with van der Waals surface area (Å²) in [6, 6.07) is 8.08. The van der Waals surface area contributed by atoms with Gasteiger partial charge in [0.2, 0.25) is 5.91 Å². The van der Waals surface area contributed by atoms with E-state index in [0.717, 1.165) is 12.8 Å². The minimum absolute atomic E-state index is 0.0331. The first-order valence-corrected chi connectivity index (χ1v) is 8.39. The minimum Gasteiger partial charge on any atom is -0.461 e. The number of halogens is 1. The molecule has 2 heterocycles. The minimum atomic E-state index is -0.563. The smallest absolute Gasteiger partial charge is 0.358 e. The van der Waals surface area contributed by atoms with Crippen LogP contribution in [0.4, 0.5) is 4.39 Å². The van der Waals surface area contributed by atoms with Gasteiger partial charge in [-0.25, -0.2) is 13.9 Å². The van der Waals surface area contributed by atoms with Gasteiger partial charge >= 0.3 is 5.97 Å².